The zero-order valence-corrected chi connectivity index (χ0v) is 17.2. The van der Waals surface area contributed by atoms with E-state index in [0.717, 1.165) is 0 Å². The molecule has 8 heteroatoms. The summed E-state index contributed by atoms with van der Waals surface area (Å²) < 4.78 is 29.4. The molecule has 1 aromatic heterocycles. The molecule has 0 aliphatic heterocycles. The molecule has 3 aromatic rings. The van der Waals surface area contributed by atoms with Crippen molar-refractivity contribution in [3.05, 3.63) is 60.2 Å². The molecule has 29 heavy (non-hydrogen) atoms. The summed E-state index contributed by atoms with van der Waals surface area (Å²) in [5, 5.41) is 11.1. The largest absolute Gasteiger partial charge is 0.325 e. The van der Waals surface area contributed by atoms with Crippen molar-refractivity contribution in [2.75, 3.05) is 5.32 Å². The molecular formula is C21H22F2N4OS. The number of carbonyl (C=O) groups is 1. The van der Waals surface area contributed by atoms with E-state index in [0.29, 0.717) is 28.8 Å². The van der Waals surface area contributed by atoms with Gasteiger partial charge in [0.05, 0.1) is 10.8 Å². The summed E-state index contributed by atoms with van der Waals surface area (Å²) >= 11 is 1.23. The van der Waals surface area contributed by atoms with Crippen molar-refractivity contribution in [2.24, 2.45) is 5.92 Å². The van der Waals surface area contributed by atoms with Crippen LogP contribution in [0.1, 0.15) is 20.8 Å². The first-order chi connectivity index (χ1) is 13.8. The monoisotopic (exact) mass is 416 g/mol. The van der Waals surface area contributed by atoms with Crippen molar-refractivity contribution < 1.29 is 13.6 Å². The highest BCUT2D eigenvalue weighted by atomic mass is 32.2. The van der Waals surface area contributed by atoms with Crippen LogP contribution in [-0.2, 0) is 11.3 Å². The van der Waals surface area contributed by atoms with Gasteiger partial charge < -0.3 is 9.88 Å². The van der Waals surface area contributed by atoms with Crippen LogP contribution in [0.5, 0.6) is 0 Å². The summed E-state index contributed by atoms with van der Waals surface area (Å²) in [4.78, 5) is 12.5. The summed E-state index contributed by atoms with van der Waals surface area (Å²) in [7, 11) is 0. The second kappa shape index (κ2) is 9.17. The van der Waals surface area contributed by atoms with Crippen LogP contribution in [0.2, 0.25) is 0 Å². The van der Waals surface area contributed by atoms with Crippen LogP contribution >= 0.6 is 11.8 Å². The number of amides is 1. The van der Waals surface area contributed by atoms with E-state index in [-0.39, 0.29) is 17.6 Å². The first-order valence-corrected chi connectivity index (χ1v) is 10.1. The van der Waals surface area contributed by atoms with Crippen LogP contribution in [0.15, 0.2) is 53.7 Å². The smallest absolute Gasteiger partial charge is 0.237 e. The lowest BCUT2D eigenvalue weighted by Crippen LogP contribution is -2.23. The summed E-state index contributed by atoms with van der Waals surface area (Å²) in [6.45, 7) is 6.40. The standard InChI is InChI=1S/C21H22F2N4OS/c1-13(2)12-27-19(17-9-4-5-10-18(17)23)25-26-21(27)29-14(3)20(28)24-16-8-6-7-15(22)11-16/h4-11,13-14H,12H2,1-3H3,(H,24,28). The molecule has 3 rings (SSSR count). The van der Waals surface area contributed by atoms with Crippen molar-refractivity contribution in [2.45, 2.75) is 37.7 Å². The number of thioether (sulfide) groups is 1. The molecule has 1 unspecified atom stereocenters. The lowest BCUT2D eigenvalue weighted by Gasteiger charge is -2.15. The Balaban J connectivity index is 1.82. The molecule has 0 saturated heterocycles. The quantitative estimate of drug-likeness (QED) is 0.551. The fourth-order valence-corrected chi connectivity index (χ4v) is 3.63. The van der Waals surface area contributed by atoms with Crippen LogP contribution in [0, 0.1) is 17.6 Å². The van der Waals surface area contributed by atoms with Crippen molar-refractivity contribution >= 4 is 23.4 Å². The summed E-state index contributed by atoms with van der Waals surface area (Å²) in [6.07, 6.45) is 0. The minimum absolute atomic E-state index is 0.271. The van der Waals surface area contributed by atoms with Crippen LogP contribution in [-0.4, -0.2) is 25.9 Å². The number of rotatable bonds is 7. The van der Waals surface area contributed by atoms with Gasteiger partial charge in [0.15, 0.2) is 11.0 Å². The van der Waals surface area contributed by atoms with Crippen molar-refractivity contribution in [1.82, 2.24) is 14.8 Å². The minimum atomic E-state index is -0.512. The van der Waals surface area contributed by atoms with E-state index in [1.165, 1.54) is 36.0 Å². The molecule has 152 valence electrons. The fraction of sp³-hybridized carbons (Fsp3) is 0.286. The van der Waals surface area contributed by atoms with E-state index in [1.54, 1.807) is 31.2 Å². The van der Waals surface area contributed by atoms with E-state index >= 15 is 0 Å². The Kier molecular flexibility index (Phi) is 6.64. The Morgan fingerprint density at radius 3 is 2.55 bits per heavy atom. The van der Waals surface area contributed by atoms with Gasteiger partial charge in [-0.15, -0.1) is 10.2 Å². The second-order valence-electron chi connectivity index (χ2n) is 7.05. The maximum absolute atomic E-state index is 14.3. The number of nitrogens with one attached hydrogen (secondary N) is 1. The lowest BCUT2D eigenvalue weighted by molar-refractivity contribution is -0.115. The predicted octanol–water partition coefficient (Wildman–Crippen LogP) is 5.00. The molecule has 0 saturated carbocycles. The van der Waals surface area contributed by atoms with Crippen LogP contribution < -0.4 is 5.32 Å². The summed E-state index contributed by atoms with van der Waals surface area (Å²) in [5.41, 5.74) is 0.752. The summed E-state index contributed by atoms with van der Waals surface area (Å²) in [5.74, 6) is -0.385. The van der Waals surface area contributed by atoms with E-state index < -0.39 is 11.1 Å². The van der Waals surface area contributed by atoms with Gasteiger partial charge >= 0.3 is 0 Å². The van der Waals surface area contributed by atoms with Gasteiger partial charge in [-0.25, -0.2) is 8.78 Å². The molecule has 1 atom stereocenters. The third-order valence-electron chi connectivity index (χ3n) is 4.12. The molecule has 1 heterocycles. The van der Waals surface area contributed by atoms with Crippen molar-refractivity contribution in [3.8, 4) is 11.4 Å². The van der Waals surface area contributed by atoms with E-state index in [2.05, 4.69) is 15.5 Å². The van der Waals surface area contributed by atoms with Gasteiger partial charge in [0, 0.05) is 12.2 Å². The molecule has 0 aliphatic rings. The van der Waals surface area contributed by atoms with Crippen LogP contribution in [0.3, 0.4) is 0 Å². The molecule has 0 spiro atoms. The van der Waals surface area contributed by atoms with E-state index in [1.807, 2.05) is 18.4 Å². The third-order valence-corrected chi connectivity index (χ3v) is 5.20. The SMILES string of the molecule is CC(C)Cn1c(SC(C)C(=O)Nc2cccc(F)c2)nnc1-c1ccccc1F. The maximum atomic E-state index is 14.3. The van der Waals surface area contributed by atoms with Gasteiger partial charge in [-0.1, -0.05) is 43.8 Å². The van der Waals surface area contributed by atoms with Gasteiger partial charge in [-0.2, -0.15) is 0 Å². The Morgan fingerprint density at radius 1 is 1.10 bits per heavy atom. The average molecular weight is 416 g/mol. The molecule has 0 radical (unpaired) electrons. The number of hydrogen-bond acceptors (Lipinski definition) is 4. The van der Waals surface area contributed by atoms with Gasteiger partial charge in [0.25, 0.3) is 0 Å². The number of anilines is 1. The Hall–Kier alpha value is -2.74. The van der Waals surface area contributed by atoms with Crippen LogP contribution in [0.4, 0.5) is 14.5 Å². The first-order valence-electron chi connectivity index (χ1n) is 9.26. The van der Waals surface area contributed by atoms with Gasteiger partial charge in [0.2, 0.25) is 5.91 Å². The fourth-order valence-electron chi connectivity index (χ4n) is 2.77. The van der Waals surface area contributed by atoms with E-state index in [4.69, 9.17) is 0 Å². The molecule has 0 aliphatic carbocycles. The summed E-state index contributed by atoms with van der Waals surface area (Å²) in [6, 6.07) is 12.1. The predicted molar refractivity (Wildman–Crippen MR) is 111 cm³/mol. The molecule has 5 nitrogen and oxygen atoms in total. The maximum Gasteiger partial charge on any atom is 0.237 e. The van der Waals surface area contributed by atoms with Crippen molar-refractivity contribution in [1.29, 1.82) is 0 Å². The molecule has 1 amide bonds. The highest BCUT2D eigenvalue weighted by Gasteiger charge is 2.22. The number of nitrogens with zero attached hydrogens (tertiary/aromatic N) is 3. The number of carbonyl (C=O) groups excluding carboxylic acids is 1. The number of hydrogen-bond donors (Lipinski definition) is 1. The Bertz CT molecular complexity index is 1010. The minimum Gasteiger partial charge on any atom is -0.325 e. The molecule has 0 bridgehead atoms. The topological polar surface area (TPSA) is 59.8 Å². The molecular weight excluding hydrogens is 394 g/mol. The van der Waals surface area contributed by atoms with Crippen LogP contribution in [0.25, 0.3) is 11.4 Å². The normalized spacial score (nSPS) is 12.2. The van der Waals surface area contributed by atoms with E-state index in [9.17, 15) is 13.6 Å². The van der Waals surface area contributed by atoms with Gasteiger partial charge in [-0.05, 0) is 43.2 Å². The highest BCUT2D eigenvalue weighted by molar-refractivity contribution is 8.00. The number of aromatic nitrogens is 3. The third kappa shape index (κ3) is 5.20. The molecule has 2 aromatic carbocycles. The molecule has 1 N–H and O–H groups in total. The van der Waals surface area contributed by atoms with Gasteiger partial charge in [0.1, 0.15) is 11.6 Å². The lowest BCUT2D eigenvalue weighted by atomic mass is 10.2. The average Bonchev–Trinajstić information content (AvgIpc) is 3.03. The number of halogens is 2. The first kappa shape index (κ1) is 21.0. The second-order valence-corrected chi connectivity index (χ2v) is 8.36. The Morgan fingerprint density at radius 2 is 1.86 bits per heavy atom. The van der Waals surface area contributed by atoms with Crippen molar-refractivity contribution in [3.63, 3.8) is 0 Å². The highest BCUT2D eigenvalue weighted by Crippen LogP contribution is 2.29. The number of benzene rings is 2. The molecule has 0 fully saturated rings. The van der Waals surface area contributed by atoms with Gasteiger partial charge in [-0.3, -0.25) is 4.79 Å². The zero-order chi connectivity index (χ0) is 21.0. The Labute approximate surface area is 172 Å². The zero-order valence-electron chi connectivity index (χ0n) is 16.4.